The van der Waals surface area contributed by atoms with E-state index in [0.717, 1.165) is 0 Å². The summed E-state index contributed by atoms with van der Waals surface area (Å²) in [6.07, 6.45) is -0.358. The fraction of sp³-hybridized carbons (Fsp3) is 0.273. The number of carbonyl (C=O) groups is 2. The van der Waals surface area contributed by atoms with E-state index in [0.29, 0.717) is 11.3 Å². The average Bonchev–Trinajstić information content (AvgIpc) is 2.27. The third kappa shape index (κ3) is 6.53. The van der Waals surface area contributed by atoms with Gasteiger partial charge in [0.2, 0.25) is 15.9 Å². The second kappa shape index (κ2) is 6.30. The number of nitrogens with two attached hydrogens (primary N) is 1. The van der Waals surface area contributed by atoms with Crippen LogP contribution in [0.25, 0.3) is 0 Å². The molecule has 8 heteroatoms. The molecule has 104 valence electrons. The number of benzene rings is 1. The predicted molar refractivity (Wildman–Crippen MR) is 68.8 cm³/mol. The summed E-state index contributed by atoms with van der Waals surface area (Å²) in [5, 5.41) is 15.8. The van der Waals surface area contributed by atoms with Crippen molar-refractivity contribution in [2.75, 3.05) is 5.32 Å². The van der Waals surface area contributed by atoms with Crippen LogP contribution in [0.2, 0.25) is 0 Å². The molecule has 4 N–H and O–H groups in total. The number of carboxylic acids is 1. The average molecular weight is 286 g/mol. The Morgan fingerprint density at radius 3 is 2.21 bits per heavy atom. The molecule has 0 aliphatic heterocycles. The van der Waals surface area contributed by atoms with Gasteiger partial charge in [0, 0.05) is 12.1 Å². The number of carboxylic acid groups (broad SMARTS) is 1. The number of hydrogen-bond acceptors (Lipinski definition) is 4. The maximum Gasteiger partial charge on any atom is 0.303 e. The third-order valence-corrected chi connectivity index (χ3v) is 2.91. The number of amides is 1. The molecule has 0 spiro atoms. The van der Waals surface area contributed by atoms with Crippen LogP contribution < -0.4 is 10.5 Å². The molecular weight excluding hydrogens is 272 g/mol. The first-order chi connectivity index (χ1) is 8.76. The third-order valence-electron chi connectivity index (χ3n) is 2.17. The second-order valence-electron chi connectivity index (χ2n) is 3.95. The van der Waals surface area contributed by atoms with Crippen molar-refractivity contribution in [1.82, 2.24) is 0 Å². The summed E-state index contributed by atoms with van der Waals surface area (Å²) in [6.45, 7) is 0. The molecule has 19 heavy (non-hydrogen) atoms. The highest BCUT2D eigenvalue weighted by atomic mass is 32.2. The van der Waals surface area contributed by atoms with Gasteiger partial charge in [-0.05, 0) is 17.7 Å². The molecule has 0 saturated heterocycles. The minimum atomic E-state index is -3.58. The zero-order valence-electron chi connectivity index (χ0n) is 10.00. The quantitative estimate of drug-likeness (QED) is 0.692. The lowest BCUT2D eigenvalue weighted by molar-refractivity contribution is -0.138. The van der Waals surface area contributed by atoms with Crippen molar-refractivity contribution in [3.05, 3.63) is 29.8 Å². The van der Waals surface area contributed by atoms with E-state index in [1.165, 1.54) is 24.3 Å². The molecule has 0 radical (unpaired) electrons. The fourth-order valence-electron chi connectivity index (χ4n) is 1.36. The van der Waals surface area contributed by atoms with Gasteiger partial charge in [-0.3, -0.25) is 9.59 Å². The van der Waals surface area contributed by atoms with E-state index in [-0.39, 0.29) is 18.6 Å². The number of anilines is 1. The first-order valence-corrected chi connectivity index (χ1v) is 7.09. The molecule has 7 nitrogen and oxygen atoms in total. The van der Waals surface area contributed by atoms with Crippen LogP contribution in [0.4, 0.5) is 5.69 Å². The predicted octanol–water partition coefficient (Wildman–Crippen LogP) is 0.278. The van der Waals surface area contributed by atoms with Crippen LogP contribution in [0.3, 0.4) is 0 Å². The smallest absolute Gasteiger partial charge is 0.303 e. The van der Waals surface area contributed by atoms with Crippen molar-refractivity contribution in [3.8, 4) is 0 Å². The number of hydrogen-bond donors (Lipinski definition) is 3. The van der Waals surface area contributed by atoms with E-state index >= 15 is 0 Å². The van der Waals surface area contributed by atoms with Crippen LogP contribution >= 0.6 is 0 Å². The fourth-order valence-corrected chi connectivity index (χ4v) is 2.02. The number of rotatable bonds is 6. The van der Waals surface area contributed by atoms with Gasteiger partial charge in [0.05, 0.1) is 12.2 Å². The summed E-state index contributed by atoms with van der Waals surface area (Å²) < 4.78 is 21.7. The Balaban J connectivity index is 2.57. The molecule has 0 atom stereocenters. The Labute approximate surface area is 110 Å². The number of carbonyl (C=O) groups excluding carboxylic acids is 1. The highest BCUT2D eigenvalue weighted by Gasteiger charge is 2.07. The van der Waals surface area contributed by atoms with Crippen LogP contribution in [0.1, 0.15) is 18.4 Å². The highest BCUT2D eigenvalue weighted by molar-refractivity contribution is 7.88. The molecule has 0 aliphatic rings. The summed E-state index contributed by atoms with van der Waals surface area (Å²) in [4.78, 5) is 21.6. The maximum absolute atomic E-state index is 11.3. The first kappa shape index (κ1) is 15.1. The van der Waals surface area contributed by atoms with Gasteiger partial charge in [0.1, 0.15) is 0 Å². The number of aliphatic carboxylic acids is 1. The molecule has 0 saturated carbocycles. The lowest BCUT2D eigenvalue weighted by atomic mass is 10.2. The summed E-state index contributed by atoms with van der Waals surface area (Å²) in [5.74, 6) is -1.74. The molecule has 1 amide bonds. The molecule has 0 aromatic heterocycles. The van der Waals surface area contributed by atoms with Crippen molar-refractivity contribution in [3.63, 3.8) is 0 Å². The summed E-state index contributed by atoms with van der Waals surface area (Å²) >= 11 is 0. The van der Waals surface area contributed by atoms with Gasteiger partial charge < -0.3 is 10.4 Å². The van der Waals surface area contributed by atoms with Gasteiger partial charge >= 0.3 is 5.97 Å². The summed E-state index contributed by atoms with van der Waals surface area (Å²) in [7, 11) is -3.58. The second-order valence-corrected chi connectivity index (χ2v) is 5.56. The van der Waals surface area contributed by atoms with Gasteiger partial charge in [0.15, 0.2) is 0 Å². The van der Waals surface area contributed by atoms with Gasteiger partial charge in [-0.15, -0.1) is 0 Å². The lowest BCUT2D eigenvalue weighted by Gasteiger charge is -2.05. The van der Waals surface area contributed by atoms with E-state index in [1.54, 1.807) is 0 Å². The molecule has 0 heterocycles. The largest absolute Gasteiger partial charge is 0.481 e. The minimum Gasteiger partial charge on any atom is -0.481 e. The van der Waals surface area contributed by atoms with E-state index in [9.17, 15) is 18.0 Å². The van der Waals surface area contributed by atoms with Crippen LogP contribution in [0, 0.1) is 0 Å². The molecule has 0 bridgehead atoms. The lowest BCUT2D eigenvalue weighted by Crippen LogP contribution is -2.15. The maximum atomic E-state index is 11.3. The Morgan fingerprint density at radius 1 is 1.16 bits per heavy atom. The Hall–Kier alpha value is -1.93. The Kier molecular flexibility index (Phi) is 5.02. The van der Waals surface area contributed by atoms with E-state index in [2.05, 4.69) is 5.32 Å². The van der Waals surface area contributed by atoms with Gasteiger partial charge in [-0.2, -0.15) is 0 Å². The van der Waals surface area contributed by atoms with Crippen LogP contribution in [-0.2, 0) is 25.4 Å². The first-order valence-electron chi connectivity index (χ1n) is 5.37. The van der Waals surface area contributed by atoms with Crippen LogP contribution in [0.15, 0.2) is 24.3 Å². The number of primary sulfonamides is 1. The van der Waals surface area contributed by atoms with Gasteiger partial charge in [0.25, 0.3) is 0 Å². The normalized spacial score (nSPS) is 11.0. The topological polar surface area (TPSA) is 127 Å². The summed E-state index contributed by atoms with van der Waals surface area (Å²) in [6, 6.07) is 6.10. The molecule has 1 rings (SSSR count). The van der Waals surface area contributed by atoms with Crippen molar-refractivity contribution in [2.24, 2.45) is 5.14 Å². The Bertz CT molecular complexity index is 565. The highest BCUT2D eigenvalue weighted by Crippen LogP contribution is 2.11. The number of nitrogens with one attached hydrogen (secondary N) is 1. The van der Waals surface area contributed by atoms with Gasteiger partial charge in [-0.25, -0.2) is 13.6 Å². The molecule has 0 unspecified atom stereocenters. The van der Waals surface area contributed by atoms with E-state index < -0.39 is 21.9 Å². The Morgan fingerprint density at radius 2 is 1.74 bits per heavy atom. The van der Waals surface area contributed by atoms with Gasteiger partial charge in [-0.1, -0.05) is 12.1 Å². The number of sulfonamides is 1. The van der Waals surface area contributed by atoms with Crippen LogP contribution in [-0.4, -0.2) is 25.4 Å². The van der Waals surface area contributed by atoms with Crippen molar-refractivity contribution < 1.29 is 23.1 Å². The zero-order valence-corrected chi connectivity index (χ0v) is 10.8. The van der Waals surface area contributed by atoms with Crippen molar-refractivity contribution in [2.45, 2.75) is 18.6 Å². The van der Waals surface area contributed by atoms with Crippen molar-refractivity contribution >= 4 is 27.6 Å². The summed E-state index contributed by atoms with van der Waals surface area (Å²) in [5.41, 5.74) is 0.972. The molecule has 1 aromatic rings. The molecule has 0 fully saturated rings. The SMILES string of the molecule is NS(=O)(=O)Cc1ccc(NC(=O)CCC(=O)O)cc1. The van der Waals surface area contributed by atoms with Crippen LogP contribution in [0.5, 0.6) is 0 Å². The molecule has 0 aliphatic carbocycles. The zero-order chi connectivity index (χ0) is 14.5. The molecular formula is C11H14N2O5S. The molecule has 1 aromatic carbocycles. The van der Waals surface area contributed by atoms with Crippen molar-refractivity contribution in [1.29, 1.82) is 0 Å². The standard InChI is InChI=1S/C11H14N2O5S/c12-19(17,18)7-8-1-3-9(4-2-8)13-10(14)5-6-11(15)16/h1-4H,5-7H2,(H,13,14)(H,15,16)(H2,12,17,18). The minimum absolute atomic E-state index is 0.117. The van der Waals surface area contributed by atoms with E-state index in [1.807, 2.05) is 0 Å². The monoisotopic (exact) mass is 286 g/mol. The van der Waals surface area contributed by atoms with E-state index in [4.69, 9.17) is 10.2 Å².